The Labute approximate surface area is 379 Å². The first-order chi connectivity index (χ1) is 32.1. The molecule has 2 bridgehead atoms. The SMILES string of the molecule is Cc1c2c3ccccc3n1-c1ccccc1C(C)C(c1ccc(-n3c4ccc(-c5cccc6c5oc5ccccc56)cc4c4cc(-c5cccc6c5sc5ccccc56)ccc43)cc1)=C2. The molecule has 0 aliphatic carbocycles. The van der Waals surface area contributed by atoms with Crippen molar-refractivity contribution in [1.29, 1.82) is 0 Å². The van der Waals surface area contributed by atoms with Crippen LogP contribution in [0.1, 0.15) is 35.2 Å². The third kappa shape index (κ3) is 5.29. The molecule has 0 amide bonds. The fourth-order valence-electron chi connectivity index (χ4n) is 11.1. The van der Waals surface area contributed by atoms with Gasteiger partial charge in [0.15, 0.2) is 0 Å². The van der Waals surface area contributed by atoms with Crippen molar-refractivity contribution in [1.82, 2.24) is 9.13 Å². The average molecular weight is 849 g/mol. The van der Waals surface area contributed by atoms with Gasteiger partial charge in [0, 0.05) is 81.2 Å². The molecule has 0 spiro atoms. The molecule has 0 saturated heterocycles. The van der Waals surface area contributed by atoms with E-state index in [0.717, 1.165) is 38.8 Å². The van der Waals surface area contributed by atoms with E-state index in [-0.39, 0.29) is 5.92 Å². The Morgan fingerprint density at radius 3 is 1.91 bits per heavy atom. The number of nitrogens with zero attached hydrogens (tertiary/aromatic N) is 2. The highest BCUT2D eigenvalue weighted by molar-refractivity contribution is 7.26. The number of fused-ring (bicyclic) bond motifs is 16. The van der Waals surface area contributed by atoms with Gasteiger partial charge in [0.05, 0.1) is 16.6 Å². The van der Waals surface area contributed by atoms with E-state index in [1.54, 1.807) is 0 Å². The van der Waals surface area contributed by atoms with Crippen LogP contribution in [0.2, 0.25) is 0 Å². The second kappa shape index (κ2) is 13.8. The second-order valence-electron chi connectivity index (χ2n) is 17.6. The van der Waals surface area contributed by atoms with Crippen molar-refractivity contribution in [3.8, 4) is 33.6 Å². The van der Waals surface area contributed by atoms with Crippen molar-refractivity contribution in [3.05, 3.63) is 217 Å². The summed E-state index contributed by atoms with van der Waals surface area (Å²) in [7, 11) is 0. The van der Waals surface area contributed by atoms with Gasteiger partial charge in [-0.15, -0.1) is 11.3 Å². The monoisotopic (exact) mass is 848 g/mol. The standard InChI is InChI=1S/C61H40N2OS/c1-36-42-13-3-7-21-54(42)62-37(2)51(45-14-4-8-22-55(45)62)35-50(36)38-25-29-41(30-26-38)63-56-31-27-39(43-17-11-19-48-46-15-5-9-23-58(46)64-60(43)48)33-52(56)53-34-40(28-32-57(53)63)44-18-12-20-49-47-16-6-10-24-59(47)65-61(44)49/h3-36H,1-2H3. The topological polar surface area (TPSA) is 23.0 Å². The molecule has 65 heavy (non-hydrogen) atoms. The Balaban J connectivity index is 0.964. The minimum atomic E-state index is 0.184. The lowest BCUT2D eigenvalue weighted by atomic mass is 9.85. The summed E-state index contributed by atoms with van der Waals surface area (Å²) in [6.07, 6.45) is 2.45. The molecule has 13 aromatic rings. The molecule has 3 nitrogen and oxygen atoms in total. The van der Waals surface area contributed by atoms with Crippen molar-refractivity contribution >= 4 is 97.8 Å². The summed E-state index contributed by atoms with van der Waals surface area (Å²) in [5, 5.41) is 8.62. The number of rotatable bonds is 4. The van der Waals surface area contributed by atoms with Crippen molar-refractivity contribution in [3.63, 3.8) is 0 Å². The van der Waals surface area contributed by atoms with E-state index in [1.807, 2.05) is 17.4 Å². The Morgan fingerprint density at radius 2 is 1.09 bits per heavy atom. The minimum absolute atomic E-state index is 0.184. The number of para-hydroxylation sites is 4. The summed E-state index contributed by atoms with van der Waals surface area (Å²) in [5.74, 6) is 0.184. The first-order valence-electron chi connectivity index (χ1n) is 22.5. The summed E-state index contributed by atoms with van der Waals surface area (Å²) in [5.41, 5.74) is 19.0. The van der Waals surface area contributed by atoms with Crippen LogP contribution in [0.5, 0.6) is 0 Å². The van der Waals surface area contributed by atoms with E-state index in [1.165, 1.54) is 97.7 Å². The fourth-order valence-corrected chi connectivity index (χ4v) is 12.4. The quantitative estimate of drug-likeness (QED) is 0.173. The molecule has 5 heterocycles. The largest absolute Gasteiger partial charge is 0.455 e. The number of hydrogen-bond acceptors (Lipinski definition) is 2. The smallest absolute Gasteiger partial charge is 0.143 e. The van der Waals surface area contributed by atoms with Crippen LogP contribution in [0.4, 0.5) is 0 Å². The Morgan fingerprint density at radius 1 is 0.477 bits per heavy atom. The Kier molecular flexibility index (Phi) is 7.75. The number of aromatic nitrogens is 2. The molecule has 0 N–H and O–H groups in total. The van der Waals surface area contributed by atoms with Crippen molar-refractivity contribution in [2.75, 3.05) is 0 Å². The zero-order valence-electron chi connectivity index (χ0n) is 35.8. The maximum absolute atomic E-state index is 6.58. The molecule has 0 fully saturated rings. The van der Waals surface area contributed by atoms with Gasteiger partial charge in [0.2, 0.25) is 0 Å². The summed E-state index contributed by atoms with van der Waals surface area (Å²) in [6, 6.07) is 71.5. The predicted molar refractivity (Wildman–Crippen MR) is 276 cm³/mol. The van der Waals surface area contributed by atoms with E-state index in [2.05, 4.69) is 217 Å². The van der Waals surface area contributed by atoms with E-state index in [9.17, 15) is 0 Å². The van der Waals surface area contributed by atoms with E-state index < -0.39 is 0 Å². The van der Waals surface area contributed by atoms with Crippen LogP contribution < -0.4 is 0 Å². The zero-order chi connectivity index (χ0) is 42.9. The summed E-state index contributed by atoms with van der Waals surface area (Å²) < 4.78 is 14.1. The van der Waals surface area contributed by atoms with Crippen LogP contribution >= 0.6 is 11.3 Å². The maximum Gasteiger partial charge on any atom is 0.143 e. The highest BCUT2D eigenvalue weighted by Gasteiger charge is 2.25. The molecule has 0 saturated carbocycles. The van der Waals surface area contributed by atoms with Gasteiger partial charge in [0.25, 0.3) is 0 Å². The number of thiophene rings is 1. The highest BCUT2D eigenvalue weighted by atomic mass is 32.1. The normalized spacial score (nSPS) is 13.9. The van der Waals surface area contributed by atoms with Gasteiger partial charge in [-0.25, -0.2) is 0 Å². The predicted octanol–water partition coefficient (Wildman–Crippen LogP) is 17.3. The van der Waals surface area contributed by atoms with E-state index >= 15 is 0 Å². The van der Waals surface area contributed by atoms with Crippen LogP contribution in [-0.2, 0) is 0 Å². The summed E-state index contributed by atoms with van der Waals surface area (Å²) in [6.45, 7) is 4.62. The molecule has 1 aliphatic heterocycles. The highest BCUT2D eigenvalue weighted by Crippen LogP contribution is 2.46. The van der Waals surface area contributed by atoms with Crippen LogP contribution in [0.25, 0.3) is 120 Å². The van der Waals surface area contributed by atoms with Crippen LogP contribution in [0.3, 0.4) is 0 Å². The third-order valence-corrected chi connectivity index (χ3v) is 15.4. The van der Waals surface area contributed by atoms with Crippen LogP contribution in [-0.4, -0.2) is 9.13 Å². The molecule has 1 aliphatic rings. The lowest BCUT2D eigenvalue weighted by molar-refractivity contribution is 0.670. The minimum Gasteiger partial charge on any atom is -0.455 e. The third-order valence-electron chi connectivity index (χ3n) is 14.2. The molecule has 4 heteroatoms. The van der Waals surface area contributed by atoms with Crippen LogP contribution in [0.15, 0.2) is 199 Å². The van der Waals surface area contributed by atoms with Crippen molar-refractivity contribution in [2.45, 2.75) is 19.8 Å². The molecular formula is C61H40N2OS. The Hall–Kier alpha value is -7.92. The van der Waals surface area contributed by atoms with Gasteiger partial charge in [-0.1, -0.05) is 140 Å². The van der Waals surface area contributed by atoms with Gasteiger partial charge in [-0.2, -0.15) is 0 Å². The molecule has 0 radical (unpaired) electrons. The molecule has 9 aromatic carbocycles. The molecule has 14 rings (SSSR count). The average Bonchev–Trinajstić information content (AvgIpc) is 4.10. The number of benzene rings is 9. The van der Waals surface area contributed by atoms with Crippen LogP contribution in [0, 0.1) is 6.92 Å². The fraction of sp³-hybridized carbons (Fsp3) is 0.0492. The molecule has 1 atom stereocenters. The van der Waals surface area contributed by atoms with E-state index in [4.69, 9.17) is 4.42 Å². The first kappa shape index (κ1) is 36.6. The number of allylic oxidation sites excluding steroid dienone is 1. The Bertz CT molecular complexity index is 3980. The van der Waals surface area contributed by atoms with Crippen molar-refractivity contribution in [2.24, 2.45) is 0 Å². The van der Waals surface area contributed by atoms with Gasteiger partial charge in [-0.3, -0.25) is 0 Å². The summed E-state index contributed by atoms with van der Waals surface area (Å²) >= 11 is 1.88. The van der Waals surface area contributed by atoms with Gasteiger partial charge in [0.1, 0.15) is 11.2 Å². The lowest BCUT2D eigenvalue weighted by Gasteiger charge is -2.24. The number of furan rings is 1. The van der Waals surface area contributed by atoms with Gasteiger partial charge in [-0.05, 0) is 107 Å². The van der Waals surface area contributed by atoms with Gasteiger partial charge >= 0.3 is 0 Å². The van der Waals surface area contributed by atoms with E-state index in [0.29, 0.717) is 0 Å². The maximum atomic E-state index is 6.58. The van der Waals surface area contributed by atoms with Gasteiger partial charge < -0.3 is 13.6 Å². The molecule has 306 valence electrons. The molecular weight excluding hydrogens is 809 g/mol. The van der Waals surface area contributed by atoms with Crippen molar-refractivity contribution < 1.29 is 4.42 Å². The molecule has 1 unspecified atom stereocenters. The lowest BCUT2D eigenvalue weighted by Crippen LogP contribution is -2.08. The number of hydrogen-bond donors (Lipinski definition) is 0. The molecule has 4 aromatic heterocycles. The first-order valence-corrected chi connectivity index (χ1v) is 23.3. The summed E-state index contributed by atoms with van der Waals surface area (Å²) in [4.78, 5) is 0. The zero-order valence-corrected chi connectivity index (χ0v) is 36.7. The second-order valence-corrected chi connectivity index (χ2v) is 18.7.